The number of nitrogens with zero attached hydrogens (tertiary/aromatic N) is 3. The summed E-state index contributed by atoms with van der Waals surface area (Å²) in [6.45, 7) is 6.81. The van der Waals surface area contributed by atoms with Crippen LogP contribution in [0.1, 0.15) is 32.5 Å². The van der Waals surface area contributed by atoms with E-state index in [-0.39, 0.29) is 0 Å². The second kappa shape index (κ2) is 5.63. The van der Waals surface area contributed by atoms with Gasteiger partial charge >= 0.3 is 0 Å². The topological polar surface area (TPSA) is 42.7 Å². The summed E-state index contributed by atoms with van der Waals surface area (Å²) in [4.78, 5) is 4.31. The summed E-state index contributed by atoms with van der Waals surface area (Å²) in [6, 6.07) is 0. The van der Waals surface area contributed by atoms with Gasteiger partial charge in [-0.2, -0.15) is 5.10 Å². The van der Waals surface area contributed by atoms with E-state index in [1.807, 2.05) is 11.7 Å². The van der Waals surface area contributed by atoms with Crippen LogP contribution in [-0.4, -0.2) is 27.9 Å². The molecule has 1 aromatic rings. The molecule has 17 heavy (non-hydrogen) atoms. The molecular weight excluding hydrogens is 212 g/mol. The third-order valence-corrected chi connectivity index (χ3v) is 3.78. The maximum atomic E-state index is 4.31. The smallest absolute Gasteiger partial charge is 0.138 e. The fourth-order valence-corrected chi connectivity index (χ4v) is 2.47. The van der Waals surface area contributed by atoms with Gasteiger partial charge in [0.25, 0.3) is 0 Å². The van der Waals surface area contributed by atoms with Crippen LogP contribution in [0.4, 0.5) is 0 Å². The Hall–Kier alpha value is -0.900. The number of hydrogen-bond acceptors (Lipinski definition) is 3. The SMILES string of the molecule is CC(C)CNCC1CCC1Cc1ncnn1C. The number of rotatable bonds is 6. The van der Waals surface area contributed by atoms with Crippen molar-refractivity contribution in [3.8, 4) is 0 Å². The molecule has 1 saturated carbocycles. The maximum absolute atomic E-state index is 4.31. The molecule has 0 amide bonds. The Bertz CT molecular complexity index is 345. The Morgan fingerprint density at radius 3 is 2.71 bits per heavy atom. The van der Waals surface area contributed by atoms with Gasteiger partial charge < -0.3 is 5.32 Å². The molecule has 0 saturated heterocycles. The molecule has 0 aliphatic heterocycles. The molecule has 1 heterocycles. The largest absolute Gasteiger partial charge is 0.316 e. The highest BCUT2D eigenvalue weighted by Gasteiger charge is 2.31. The van der Waals surface area contributed by atoms with Gasteiger partial charge in [0.2, 0.25) is 0 Å². The molecule has 1 aromatic heterocycles. The average Bonchev–Trinajstić information content (AvgIpc) is 2.65. The number of aryl methyl sites for hydroxylation is 1. The molecule has 0 radical (unpaired) electrons. The first kappa shape index (κ1) is 12.6. The highest BCUT2D eigenvalue weighted by atomic mass is 15.3. The van der Waals surface area contributed by atoms with Gasteiger partial charge in [-0.3, -0.25) is 4.68 Å². The van der Waals surface area contributed by atoms with Crippen molar-refractivity contribution in [3.63, 3.8) is 0 Å². The number of hydrogen-bond donors (Lipinski definition) is 1. The van der Waals surface area contributed by atoms with Gasteiger partial charge in [-0.25, -0.2) is 4.98 Å². The summed E-state index contributed by atoms with van der Waals surface area (Å²) in [6.07, 6.45) is 5.46. The quantitative estimate of drug-likeness (QED) is 0.816. The lowest BCUT2D eigenvalue weighted by Gasteiger charge is -2.36. The lowest BCUT2D eigenvalue weighted by Crippen LogP contribution is -2.37. The second-order valence-electron chi connectivity index (χ2n) is 5.65. The fourth-order valence-electron chi connectivity index (χ4n) is 2.47. The van der Waals surface area contributed by atoms with Crippen LogP contribution in [0.15, 0.2) is 6.33 Å². The zero-order valence-corrected chi connectivity index (χ0v) is 11.2. The van der Waals surface area contributed by atoms with Gasteiger partial charge in [-0.05, 0) is 43.7 Å². The highest BCUT2D eigenvalue weighted by molar-refractivity contribution is 4.93. The third kappa shape index (κ3) is 3.28. The average molecular weight is 236 g/mol. The fraction of sp³-hybridized carbons (Fsp3) is 0.846. The zero-order chi connectivity index (χ0) is 12.3. The molecule has 4 heteroatoms. The van der Waals surface area contributed by atoms with Crippen LogP contribution in [0.5, 0.6) is 0 Å². The van der Waals surface area contributed by atoms with Gasteiger partial charge in [0.1, 0.15) is 12.2 Å². The standard InChI is InChI=1S/C13H24N4/c1-10(2)7-14-8-12-5-4-11(12)6-13-15-9-16-17(13)3/h9-12,14H,4-8H2,1-3H3. The van der Waals surface area contributed by atoms with Crippen LogP contribution in [0.2, 0.25) is 0 Å². The van der Waals surface area contributed by atoms with Crippen LogP contribution >= 0.6 is 0 Å². The second-order valence-corrected chi connectivity index (χ2v) is 5.65. The Balaban J connectivity index is 1.73. The number of aromatic nitrogens is 3. The van der Waals surface area contributed by atoms with Crippen molar-refractivity contribution in [1.82, 2.24) is 20.1 Å². The number of nitrogens with one attached hydrogen (secondary N) is 1. The van der Waals surface area contributed by atoms with E-state index >= 15 is 0 Å². The molecule has 4 nitrogen and oxygen atoms in total. The van der Waals surface area contributed by atoms with Crippen LogP contribution < -0.4 is 5.32 Å². The summed E-state index contributed by atoms with van der Waals surface area (Å²) < 4.78 is 1.90. The molecule has 2 atom stereocenters. The van der Waals surface area contributed by atoms with Crippen LogP contribution in [0, 0.1) is 17.8 Å². The van der Waals surface area contributed by atoms with E-state index in [2.05, 4.69) is 29.2 Å². The molecule has 0 aromatic carbocycles. The Kier molecular flexibility index (Phi) is 4.15. The predicted molar refractivity (Wildman–Crippen MR) is 68.6 cm³/mol. The van der Waals surface area contributed by atoms with Crippen molar-refractivity contribution < 1.29 is 0 Å². The highest BCUT2D eigenvalue weighted by Crippen LogP contribution is 2.35. The normalized spacial score (nSPS) is 24.0. The Labute approximate surface area is 104 Å². The van der Waals surface area contributed by atoms with Crippen molar-refractivity contribution in [3.05, 3.63) is 12.2 Å². The lowest BCUT2D eigenvalue weighted by molar-refractivity contribution is 0.166. The Morgan fingerprint density at radius 1 is 1.41 bits per heavy atom. The predicted octanol–water partition coefficient (Wildman–Crippen LogP) is 1.63. The molecule has 1 fully saturated rings. The van der Waals surface area contributed by atoms with Gasteiger partial charge in [-0.15, -0.1) is 0 Å². The molecule has 2 rings (SSSR count). The molecule has 96 valence electrons. The molecule has 0 spiro atoms. The summed E-state index contributed by atoms with van der Waals surface area (Å²) in [5.74, 6) is 3.51. The van der Waals surface area contributed by atoms with Crippen molar-refractivity contribution in [1.29, 1.82) is 0 Å². The van der Waals surface area contributed by atoms with Crippen molar-refractivity contribution in [2.45, 2.75) is 33.1 Å². The van der Waals surface area contributed by atoms with E-state index in [1.165, 1.54) is 19.4 Å². The monoisotopic (exact) mass is 236 g/mol. The minimum Gasteiger partial charge on any atom is -0.316 e. The summed E-state index contributed by atoms with van der Waals surface area (Å²) >= 11 is 0. The van der Waals surface area contributed by atoms with E-state index in [4.69, 9.17) is 0 Å². The van der Waals surface area contributed by atoms with Gasteiger partial charge in [0.05, 0.1) is 0 Å². The van der Waals surface area contributed by atoms with E-state index in [0.717, 1.165) is 36.5 Å². The van der Waals surface area contributed by atoms with Gasteiger partial charge in [0.15, 0.2) is 0 Å². The van der Waals surface area contributed by atoms with Crippen LogP contribution in [0.3, 0.4) is 0 Å². The van der Waals surface area contributed by atoms with Crippen molar-refractivity contribution in [2.75, 3.05) is 13.1 Å². The van der Waals surface area contributed by atoms with Gasteiger partial charge in [0, 0.05) is 13.5 Å². The van der Waals surface area contributed by atoms with Crippen LogP contribution in [0.25, 0.3) is 0 Å². The molecule has 2 unspecified atom stereocenters. The van der Waals surface area contributed by atoms with E-state index in [0.29, 0.717) is 0 Å². The minimum absolute atomic E-state index is 0.743. The summed E-state index contributed by atoms with van der Waals surface area (Å²) in [5.41, 5.74) is 0. The first-order valence-electron chi connectivity index (χ1n) is 6.70. The molecule has 1 aliphatic rings. The maximum Gasteiger partial charge on any atom is 0.138 e. The van der Waals surface area contributed by atoms with E-state index in [9.17, 15) is 0 Å². The Morgan fingerprint density at radius 2 is 2.18 bits per heavy atom. The lowest BCUT2D eigenvalue weighted by atomic mass is 9.71. The van der Waals surface area contributed by atoms with Crippen LogP contribution in [-0.2, 0) is 13.5 Å². The molecule has 0 bridgehead atoms. The van der Waals surface area contributed by atoms with E-state index < -0.39 is 0 Å². The summed E-state index contributed by atoms with van der Waals surface area (Å²) in [7, 11) is 1.98. The van der Waals surface area contributed by atoms with Crippen molar-refractivity contribution >= 4 is 0 Å². The molecule has 1 aliphatic carbocycles. The van der Waals surface area contributed by atoms with Crippen molar-refractivity contribution in [2.24, 2.45) is 24.8 Å². The minimum atomic E-state index is 0.743. The molecule has 1 N–H and O–H groups in total. The first-order valence-corrected chi connectivity index (χ1v) is 6.70. The zero-order valence-electron chi connectivity index (χ0n) is 11.2. The summed E-state index contributed by atoms with van der Waals surface area (Å²) in [5, 5.41) is 7.70. The molecular formula is C13H24N4. The third-order valence-electron chi connectivity index (χ3n) is 3.78. The van der Waals surface area contributed by atoms with E-state index in [1.54, 1.807) is 6.33 Å². The first-order chi connectivity index (χ1) is 8.16. The van der Waals surface area contributed by atoms with Gasteiger partial charge in [-0.1, -0.05) is 13.8 Å².